The number of pyridine rings is 1. The van der Waals surface area contributed by atoms with Gasteiger partial charge in [-0.15, -0.1) is 0 Å². The van der Waals surface area contributed by atoms with Gasteiger partial charge >= 0.3 is 0 Å². The molecule has 0 unspecified atom stereocenters. The molecule has 1 aliphatic heterocycles. The van der Waals surface area contributed by atoms with E-state index in [0.717, 1.165) is 17.5 Å². The number of rotatable bonds is 7. The Morgan fingerprint density at radius 3 is 2.75 bits per heavy atom. The number of nitrogens with zero attached hydrogens (tertiary/aromatic N) is 3. The van der Waals surface area contributed by atoms with Crippen molar-refractivity contribution >= 4 is 17.5 Å². The molecule has 0 radical (unpaired) electrons. The highest BCUT2D eigenvalue weighted by molar-refractivity contribution is 5.98. The average molecular weight is 434 g/mol. The molecule has 2 amide bonds. The van der Waals surface area contributed by atoms with Crippen molar-refractivity contribution in [2.75, 3.05) is 11.5 Å². The maximum atomic E-state index is 12.6. The predicted molar refractivity (Wildman–Crippen MR) is 118 cm³/mol. The molecule has 0 bridgehead atoms. The number of fused-ring (bicyclic) bond motifs is 1. The zero-order valence-electron chi connectivity index (χ0n) is 18.4. The fourth-order valence-electron chi connectivity index (χ4n) is 3.40. The van der Waals surface area contributed by atoms with Crippen LogP contribution < -0.4 is 15.0 Å². The Bertz CT molecular complexity index is 1120. The SMILES string of the molecule is CCC(C)(C)c1ccc2c(c1)N(Cc1nc(C(=O)NCc3ccncc3)co1)C(=O)CO2. The Morgan fingerprint density at radius 1 is 1.22 bits per heavy atom. The van der Waals surface area contributed by atoms with Crippen LogP contribution in [0.3, 0.4) is 0 Å². The monoisotopic (exact) mass is 434 g/mol. The molecule has 166 valence electrons. The molecule has 4 rings (SSSR count). The largest absolute Gasteiger partial charge is 0.482 e. The van der Waals surface area contributed by atoms with Gasteiger partial charge in [-0.3, -0.25) is 19.5 Å². The number of hydrogen-bond acceptors (Lipinski definition) is 6. The molecule has 0 saturated carbocycles. The van der Waals surface area contributed by atoms with E-state index in [1.807, 2.05) is 30.3 Å². The first kappa shape index (κ1) is 21.5. The van der Waals surface area contributed by atoms with Gasteiger partial charge in [-0.1, -0.05) is 26.8 Å². The summed E-state index contributed by atoms with van der Waals surface area (Å²) in [6.07, 6.45) is 5.60. The van der Waals surface area contributed by atoms with Crippen LogP contribution >= 0.6 is 0 Å². The van der Waals surface area contributed by atoms with Gasteiger partial charge < -0.3 is 14.5 Å². The van der Waals surface area contributed by atoms with E-state index in [1.165, 1.54) is 6.26 Å². The van der Waals surface area contributed by atoms with Crippen LogP contribution in [-0.2, 0) is 23.3 Å². The second-order valence-electron chi connectivity index (χ2n) is 8.35. The highest BCUT2D eigenvalue weighted by Crippen LogP contribution is 2.38. The molecule has 0 saturated heterocycles. The van der Waals surface area contributed by atoms with Crippen LogP contribution in [0.25, 0.3) is 0 Å². The third-order valence-corrected chi connectivity index (χ3v) is 5.85. The molecule has 0 aliphatic carbocycles. The van der Waals surface area contributed by atoms with Gasteiger partial charge in [0.1, 0.15) is 18.6 Å². The van der Waals surface area contributed by atoms with E-state index >= 15 is 0 Å². The number of carbonyl (C=O) groups excluding carboxylic acids is 2. The van der Waals surface area contributed by atoms with Gasteiger partial charge in [-0.25, -0.2) is 4.98 Å². The number of carbonyl (C=O) groups is 2. The van der Waals surface area contributed by atoms with Gasteiger partial charge in [0.25, 0.3) is 11.8 Å². The molecule has 8 heteroatoms. The number of anilines is 1. The standard InChI is InChI=1S/C24H26N4O4/c1-4-24(2,3)17-5-6-20-19(11-17)28(22(29)15-31-20)13-21-27-18(14-32-21)23(30)26-12-16-7-9-25-10-8-16/h5-11,14H,4,12-13,15H2,1-3H3,(H,26,30). The van der Waals surface area contributed by atoms with Crippen molar-refractivity contribution in [2.45, 2.75) is 45.7 Å². The molecular weight excluding hydrogens is 408 g/mol. The van der Waals surface area contributed by atoms with E-state index < -0.39 is 0 Å². The minimum Gasteiger partial charge on any atom is -0.482 e. The molecule has 3 aromatic rings. The number of ether oxygens (including phenoxy) is 1. The van der Waals surface area contributed by atoms with Crippen LogP contribution in [0.5, 0.6) is 5.75 Å². The third-order valence-electron chi connectivity index (χ3n) is 5.85. The Hall–Kier alpha value is -3.68. The van der Waals surface area contributed by atoms with Gasteiger partial charge in [0.05, 0.1) is 5.69 Å². The summed E-state index contributed by atoms with van der Waals surface area (Å²) in [4.78, 5) is 34.9. The maximum absolute atomic E-state index is 12.6. The summed E-state index contributed by atoms with van der Waals surface area (Å²) in [5.41, 5.74) is 2.85. The lowest BCUT2D eigenvalue weighted by Crippen LogP contribution is -2.38. The molecule has 32 heavy (non-hydrogen) atoms. The summed E-state index contributed by atoms with van der Waals surface area (Å²) in [5, 5.41) is 2.80. The average Bonchev–Trinajstić information content (AvgIpc) is 3.28. The van der Waals surface area contributed by atoms with Gasteiger partial charge in [-0.2, -0.15) is 0 Å². The molecule has 0 spiro atoms. The smallest absolute Gasteiger partial charge is 0.273 e. The van der Waals surface area contributed by atoms with Crippen molar-refractivity contribution in [1.82, 2.24) is 15.3 Å². The number of benzene rings is 1. The first-order chi connectivity index (χ1) is 15.4. The van der Waals surface area contributed by atoms with Crippen molar-refractivity contribution in [3.05, 3.63) is 71.7 Å². The number of nitrogens with one attached hydrogen (secondary N) is 1. The molecule has 2 aromatic heterocycles. The van der Waals surface area contributed by atoms with Crippen molar-refractivity contribution in [3.63, 3.8) is 0 Å². The van der Waals surface area contributed by atoms with Crippen LogP contribution in [0.1, 0.15) is 54.7 Å². The Labute approximate surface area is 186 Å². The van der Waals surface area contributed by atoms with Crippen LogP contribution in [0, 0.1) is 0 Å². The topological polar surface area (TPSA) is 97.6 Å². The molecule has 1 N–H and O–H groups in total. The number of oxazole rings is 1. The van der Waals surface area contributed by atoms with Crippen molar-refractivity contribution in [2.24, 2.45) is 0 Å². The third kappa shape index (κ3) is 4.49. The molecular formula is C24H26N4O4. The van der Waals surface area contributed by atoms with Crippen molar-refractivity contribution < 1.29 is 18.7 Å². The van der Waals surface area contributed by atoms with Gasteiger partial charge in [0, 0.05) is 18.9 Å². The molecule has 8 nitrogen and oxygen atoms in total. The van der Waals surface area contributed by atoms with E-state index in [1.54, 1.807) is 17.3 Å². The quantitative estimate of drug-likeness (QED) is 0.610. The summed E-state index contributed by atoms with van der Waals surface area (Å²) < 4.78 is 11.1. The Balaban J connectivity index is 1.50. The zero-order valence-corrected chi connectivity index (χ0v) is 18.4. The van der Waals surface area contributed by atoms with Crippen LogP contribution in [0.4, 0.5) is 5.69 Å². The molecule has 0 fully saturated rings. The molecule has 0 atom stereocenters. The number of amides is 2. The maximum Gasteiger partial charge on any atom is 0.273 e. The fourth-order valence-corrected chi connectivity index (χ4v) is 3.40. The number of aromatic nitrogens is 2. The summed E-state index contributed by atoms with van der Waals surface area (Å²) >= 11 is 0. The highest BCUT2D eigenvalue weighted by atomic mass is 16.5. The van der Waals surface area contributed by atoms with E-state index in [-0.39, 0.29) is 42.0 Å². The van der Waals surface area contributed by atoms with E-state index in [4.69, 9.17) is 9.15 Å². The lowest BCUT2D eigenvalue weighted by atomic mass is 9.82. The van der Waals surface area contributed by atoms with Crippen LogP contribution in [0.15, 0.2) is 53.4 Å². The first-order valence-electron chi connectivity index (χ1n) is 10.6. The fraction of sp³-hybridized carbons (Fsp3) is 0.333. The minimum atomic E-state index is -0.350. The number of hydrogen-bond donors (Lipinski definition) is 1. The summed E-state index contributed by atoms with van der Waals surface area (Å²) in [6.45, 7) is 6.87. The van der Waals surface area contributed by atoms with Gasteiger partial charge in [0.2, 0.25) is 5.89 Å². The van der Waals surface area contributed by atoms with Crippen molar-refractivity contribution in [1.29, 1.82) is 0 Å². The van der Waals surface area contributed by atoms with Crippen LogP contribution in [0.2, 0.25) is 0 Å². The van der Waals surface area contributed by atoms with E-state index in [2.05, 4.69) is 36.1 Å². The molecule has 1 aliphatic rings. The lowest BCUT2D eigenvalue weighted by molar-refractivity contribution is -0.121. The normalized spacial score (nSPS) is 13.5. The Morgan fingerprint density at radius 2 is 2.00 bits per heavy atom. The van der Waals surface area contributed by atoms with E-state index in [0.29, 0.717) is 18.0 Å². The lowest BCUT2D eigenvalue weighted by Gasteiger charge is -2.31. The van der Waals surface area contributed by atoms with Gasteiger partial charge in [0.15, 0.2) is 12.3 Å². The molecule has 3 heterocycles. The van der Waals surface area contributed by atoms with Crippen LogP contribution in [-0.4, -0.2) is 28.4 Å². The second kappa shape index (κ2) is 8.82. The summed E-state index contributed by atoms with van der Waals surface area (Å²) in [7, 11) is 0. The van der Waals surface area contributed by atoms with Crippen molar-refractivity contribution in [3.8, 4) is 5.75 Å². The summed E-state index contributed by atoms with van der Waals surface area (Å²) in [5.74, 6) is 0.380. The molecule has 1 aromatic carbocycles. The zero-order chi connectivity index (χ0) is 22.7. The van der Waals surface area contributed by atoms with Gasteiger partial charge in [-0.05, 0) is 47.2 Å². The highest BCUT2D eigenvalue weighted by Gasteiger charge is 2.29. The summed E-state index contributed by atoms with van der Waals surface area (Å²) in [6, 6.07) is 9.57. The predicted octanol–water partition coefficient (Wildman–Crippen LogP) is 3.61. The van der Waals surface area contributed by atoms with E-state index in [9.17, 15) is 9.59 Å². The Kier molecular flexibility index (Phi) is 5.94. The first-order valence-corrected chi connectivity index (χ1v) is 10.6. The minimum absolute atomic E-state index is 0.0375. The second-order valence-corrected chi connectivity index (χ2v) is 8.35.